The van der Waals surface area contributed by atoms with Gasteiger partial charge in [0.1, 0.15) is 11.6 Å². The number of rotatable bonds is 4. The fourth-order valence-electron chi connectivity index (χ4n) is 2.35. The first-order valence-electron chi connectivity index (χ1n) is 7.40. The van der Waals surface area contributed by atoms with Crippen molar-refractivity contribution in [1.29, 1.82) is 0 Å². The van der Waals surface area contributed by atoms with Gasteiger partial charge in [-0.1, -0.05) is 26.0 Å². The summed E-state index contributed by atoms with van der Waals surface area (Å²) in [5.41, 5.74) is 3.50. The Morgan fingerprint density at radius 3 is 2.64 bits per heavy atom. The zero-order chi connectivity index (χ0) is 15.7. The molecule has 0 saturated carbocycles. The highest BCUT2D eigenvalue weighted by molar-refractivity contribution is 5.78. The topological polar surface area (TPSA) is 42.2 Å². The molecule has 3 aromatic rings. The summed E-state index contributed by atoms with van der Waals surface area (Å²) in [6, 6.07) is 8.38. The molecule has 0 saturated heterocycles. The van der Waals surface area contributed by atoms with Gasteiger partial charge in [-0.15, -0.1) is 0 Å². The molecule has 0 unspecified atom stereocenters. The van der Waals surface area contributed by atoms with Crippen LogP contribution in [0.5, 0.6) is 0 Å². The number of nitrogens with one attached hydrogen (secondary N) is 1. The minimum atomic E-state index is -0.247. The van der Waals surface area contributed by atoms with Gasteiger partial charge in [-0.2, -0.15) is 9.61 Å². The van der Waals surface area contributed by atoms with Crippen molar-refractivity contribution < 1.29 is 4.39 Å². The first kappa shape index (κ1) is 14.5. The van der Waals surface area contributed by atoms with E-state index in [-0.39, 0.29) is 5.82 Å². The van der Waals surface area contributed by atoms with E-state index < -0.39 is 0 Å². The van der Waals surface area contributed by atoms with Gasteiger partial charge >= 0.3 is 0 Å². The van der Waals surface area contributed by atoms with Crippen molar-refractivity contribution in [1.82, 2.24) is 14.6 Å². The van der Waals surface area contributed by atoms with Gasteiger partial charge in [0.2, 0.25) is 0 Å². The standard InChI is InChI=1S/C17H19FN4/c1-11(2)9-19-16-8-12(3)21-17-15(10-20-22(16)17)13-4-6-14(18)7-5-13/h4-8,10-11,19H,9H2,1-3H3. The summed E-state index contributed by atoms with van der Waals surface area (Å²) in [4.78, 5) is 4.59. The SMILES string of the molecule is Cc1cc(NCC(C)C)n2ncc(-c3ccc(F)cc3)c2n1. The summed E-state index contributed by atoms with van der Waals surface area (Å²) in [5, 5.41) is 7.84. The first-order chi connectivity index (χ1) is 10.5. The maximum absolute atomic E-state index is 13.1. The van der Waals surface area contributed by atoms with E-state index in [0.29, 0.717) is 5.92 Å². The van der Waals surface area contributed by atoms with Crippen LogP contribution in [0.25, 0.3) is 16.8 Å². The van der Waals surface area contributed by atoms with E-state index in [2.05, 4.69) is 29.2 Å². The highest BCUT2D eigenvalue weighted by atomic mass is 19.1. The fraction of sp³-hybridized carbons (Fsp3) is 0.294. The van der Waals surface area contributed by atoms with E-state index in [4.69, 9.17) is 0 Å². The third-order valence-corrected chi connectivity index (χ3v) is 3.45. The first-order valence-corrected chi connectivity index (χ1v) is 7.40. The monoisotopic (exact) mass is 298 g/mol. The van der Waals surface area contributed by atoms with E-state index in [1.807, 2.05) is 13.0 Å². The average Bonchev–Trinajstić information content (AvgIpc) is 2.89. The molecule has 1 N–H and O–H groups in total. The van der Waals surface area contributed by atoms with Crippen LogP contribution >= 0.6 is 0 Å². The molecule has 0 aliphatic rings. The molecular weight excluding hydrogens is 279 g/mol. The number of aromatic nitrogens is 3. The molecule has 3 rings (SSSR count). The maximum atomic E-state index is 13.1. The number of anilines is 1. The van der Waals surface area contributed by atoms with Crippen LogP contribution in [0.15, 0.2) is 36.5 Å². The molecule has 2 aromatic heterocycles. The quantitative estimate of drug-likeness (QED) is 0.794. The van der Waals surface area contributed by atoms with E-state index in [0.717, 1.165) is 34.8 Å². The maximum Gasteiger partial charge on any atom is 0.165 e. The van der Waals surface area contributed by atoms with Crippen molar-refractivity contribution in [2.45, 2.75) is 20.8 Å². The molecule has 0 amide bonds. The second-order valence-corrected chi connectivity index (χ2v) is 5.86. The Morgan fingerprint density at radius 2 is 1.95 bits per heavy atom. The highest BCUT2D eigenvalue weighted by Crippen LogP contribution is 2.26. The van der Waals surface area contributed by atoms with Crippen LogP contribution in [0.2, 0.25) is 0 Å². The van der Waals surface area contributed by atoms with Crippen molar-refractivity contribution in [2.24, 2.45) is 5.92 Å². The summed E-state index contributed by atoms with van der Waals surface area (Å²) in [5.74, 6) is 1.21. The lowest BCUT2D eigenvalue weighted by Gasteiger charge is -2.11. The predicted octanol–water partition coefficient (Wildman–Crippen LogP) is 3.91. The molecule has 22 heavy (non-hydrogen) atoms. The molecule has 0 atom stereocenters. The molecule has 0 aliphatic carbocycles. The Morgan fingerprint density at radius 1 is 1.23 bits per heavy atom. The van der Waals surface area contributed by atoms with Gasteiger partial charge in [-0.25, -0.2) is 9.37 Å². The summed E-state index contributed by atoms with van der Waals surface area (Å²) < 4.78 is 14.9. The largest absolute Gasteiger partial charge is 0.370 e. The Balaban J connectivity index is 2.08. The van der Waals surface area contributed by atoms with Crippen molar-refractivity contribution in [2.75, 3.05) is 11.9 Å². The van der Waals surface area contributed by atoms with E-state index in [1.54, 1.807) is 22.8 Å². The number of benzene rings is 1. The molecule has 2 heterocycles. The van der Waals surface area contributed by atoms with Crippen molar-refractivity contribution in [3.63, 3.8) is 0 Å². The second-order valence-electron chi connectivity index (χ2n) is 5.86. The normalized spacial score (nSPS) is 11.3. The lowest BCUT2D eigenvalue weighted by atomic mass is 10.1. The van der Waals surface area contributed by atoms with Gasteiger partial charge in [0.25, 0.3) is 0 Å². The van der Waals surface area contributed by atoms with Gasteiger partial charge in [0.05, 0.1) is 6.20 Å². The third-order valence-electron chi connectivity index (χ3n) is 3.45. The number of hydrogen-bond donors (Lipinski definition) is 1. The highest BCUT2D eigenvalue weighted by Gasteiger charge is 2.12. The summed E-state index contributed by atoms with van der Waals surface area (Å²) in [7, 11) is 0. The molecule has 0 fully saturated rings. The van der Waals surface area contributed by atoms with Crippen LogP contribution in [0.4, 0.5) is 10.2 Å². The molecule has 1 aromatic carbocycles. The van der Waals surface area contributed by atoms with Crippen molar-refractivity contribution in [3.05, 3.63) is 48.0 Å². The number of nitrogens with zero attached hydrogens (tertiary/aromatic N) is 3. The van der Waals surface area contributed by atoms with E-state index in [1.165, 1.54) is 12.1 Å². The van der Waals surface area contributed by atoms with Gasteiger partial charge in [-0.05, 0) is 30.5 Å². The average molecular weight is 298 g/mol. The smallest absolute Gasteiger partial charge is 0.165 e. The van der Waals surface area contributed by atoms with Crippen LogP contribution < -0.4 is 5.32 Å². The molecular formula is C17H19FN4. The Bertz CT molecular complexity index is 790. The molecule has 5 heteroatoms. The molecule has 114 valence electrons. The van der Waals surface area contributed by atoms with Crippen LogP contribution in [0, 0.1) is 18.7 Å². The number of hydrogen-bond acceptors (Lipinski definition) is 3. The van der Waals surface area contributed by atoms with Crippen LogP contribution in [-0.4, -0.2) is 21.1 Å². The Hall–Kier alpha value is -2.43. The fourth-order valence-corrected chi connectivity index (χ4v) is 2.35. The minimum absolute atomic E-state index is 0.247. The summed E-state index contributed by atoms with van der Waals surface area (Å²) in [6.07, 6.45) is 1.77. The third kappa shape index (κ3) is 2.79. The molecule has 0 bridgehead atoms. The molecule has 0 aliphatic heterocycles. The summed E-state index contributed by atoms with van der Waals surface area (Å²) in [6.45, 7) is 7.14. The number of aryl methyl sites for hydroxylation is 1. The minimum Gasteiger partial charge on any atom is -0.370 e. The van der Waals surface area contributed by atoms with Gasteiger partial charge in [-0.3, -0.25) is 0 Å². The predicted molar refractivity (Wildman–Crippen MR) is 86.4 cm³/mol. The second kappa shape index (κ2) is 5.75. The van der Waals surface area contributed by atoms with E-state index >= 15 is 0 Å². The Kier molecular flexibility index (Phi) is 3.79. The van der Waals surface area contributed by atoms with Gasteiger partial charge in [0.15, 0.2) is 5.65 Å². The van der Waals surface area contributed by atoms with Gasteiger partial charge in [0, 0.05) is 23.9 Å². The summed E-state index contributed by atoms with van der Waals surface area (Å²) >= 11 is 0. The molecule has 0 spiro atoms. The van der Waals surface area contributed by atoms with Crippen LogP contribution in [0.1, 0.15) is 19.5 Å². The van der Waals surface area contributed by atoms with Crippen molar-refractivity contribution >= 4 is 11.5 Å². The van der Waals surface area contributed by atoms with Crippen molar-refractivity contribution in [3.8, 4) is 11.1 Å². The van der Waals surface area contributed by atoms with Gasteiger partial charge < -0.3 is 5.32 Å². The lowest BCUT2D eigenvalue weighted by Crippen LogP contribution is -2.12. The van der Waals surface area contributed by atoms with Crippen LogP contribution in [-0.2, 0) is 0 Å². The zero-order valence-electron chi connectivity index (χ0n) is 13.0. The Labute approximate surface area is 129 Å². The number of fused-ring (bicyclic) bond motifs is 1. The zero-order valence-corrected chi connectivity index (χ0v) is 13.0. The molecule has 0 radical (unpaired) electrons. The lowest BCUT2D eigenvalue weighted by molar-refractivity contribution is 0.628. The van der Waals surface area contributed by atoms with E-state index in [9.17, 15) is 4.39 Å². The molecule has 4 nitrogen and oxygen atoms in total. The number of halogens is 1. The van der Waals surface area contributed by atoms with Crippen LogP contribution in [0.3, 0.4) is 0 Å².